The van der Waals surface area contributed by atoms with Gasteiger partial charge in [0.15, 0.2) is 0 Å². The van der Waals surface area contributed by atoms with E-state index in [1.165, 1.54) is 11.1 Å². The monoisotopic (exact) mass is 256 g/mol. The number of hydrogen-bond acceptors (Lipinski definition) is 4. The van der Waals surface area contributed by atoms with E-state index in [2.05, 4.69) is 58.4 Å². The Morgan fingerprint density at radius 2 is 1.89 bits per heavy atom. The van der Waals surface area contributed by atoms with Crippen molar-refractivity contribution in [3.8, 4) is 0 Å². The molecule has 0 saturated carbocycles. The second-order valence-electron chi connectivity index (χ2n) is 4.74. The Morgan fingerprint density at radius 1 is 1.11 bits per heavy atom. The van der Waals surface area contributed by atoms with Crippen LogP contribution in [0.1, 0.15) is 16.8 Å². The van der Waals surface area contributed by atoms with E-state index in [4.69, 9.17) is 0 Å². The fourth-order valence-electron chi connectivity index (χ4n) is 1.98. The lowest BCUT2D eigenvalue weighted by molar-refractivity contribution is 0.314. The van der Waals surface area contributed by atoms with Crippen LogP contribution in [0.2, 0.25) is 0 Å². The minimum absolute atomic E-state index is 0.797. The maximum Gasteiger partial charge on any atom is 0.144 e. The van der Waals surface area contributed by atoms with E-state index in [0.29, 0.717) is 0 Å². The van der Waals surface area contributed by atoms with Crippen LogP contribution in [-0.2, 0) is 13.1 Å². The van der Waals surface area contributed by atoms with Crippen molar-refractivity contribution in [1.82, 2.24) is 14.9 Å². The first-order valence-electron chi connectivity index (χ1n) is 6.41. The summed E-state index contributed by atoms with van der Waals surface area (Å²) < 4.78 is 0. The molecular formula is C15H20N4. The van der Waals surface area contributed by atoms with Gasteiger partial charge in [-0.15, -0.1) is 0 Å². The highest BCUT2D eigenvalue weighted by Gasteiger charge is 2.05. The predicted molar refractivity (Wildman–Crippen MR) is 77.9 cm³/mol. The topological polar surface area (TPSA) is 41.1 Å². The Morgan fingerprint density at radius 3 is 2.53 bits per heavy atom. The highest BCUT2D eigenvalue weighted by molar-refractivity contribution is 5.29. The molecule has 4 heteroatoms. The van der Waals surface area contributed by atoms with E-state index >= 15 is 0 Å². The van der Waals surface area contributed by atoms with Gasteiger partial charge < -0.3 is 5.32 Å². The van der Waals surface area contributed by atoms with Crippen molar-refractivity contribution < 1.29 is 0 Å². The van der Waals surface area contributed by atoms with Crippen LogP contribution >= 0.6 is 0 Å². The Labute approximate surface area is 114 Å². The van der Waals surface area contributed by atoms with E-state index < -0.39 is 0 Å². The molecule has 100 valence electrons. The van der Waals surface area contributed by atoms with Gasteiger partial charge in [-0.05, 0) is 25.1 Å². The van der Waals surface area contributed by atoms with Crippen molar-refractivity contribution in [3.05, 3.63) is 53.5 Å². The number of rotatable bonds is 5. The molecule has 0 aliphatic heterocycles. The van der Waals surface area contributed by atoms with Crippen LogP contribution in [0.15, 0.2) is 36.7 Å². The van der Waals surface area contributed by atoms with Crippen molar-refractivity contribution >= 4 is 5.82 Å². The number of nitrogens with one attached hydrogen (secondary N) is 1. The minimum atomic E-state index is 0.797. The Hall–Kier alpha value is -1.94. The van der Waals surface area contributed by atoms with Crippen LogP contribution in [0, 0.1) is 6.92 Å². The van der Waals surface area contributed by atoms with Crippen molar-refractivity contribution in [1.29, 1.82) is 0 Å². The lowest BCUT2D eigenvalue weighted by Gasteiger charge is -2.17. The molecule has 19 heavy (non-hydrogen) atoms. The molecule has 0 aliphatic carbocycles. The highest BCUT2D eigenvalue weighted by atomic mass is 15.1. The van der Waals surface area contributed by atoms with Crippen molar-refractivity contribution in [3.63, 3.8) is 0 Å². The van der Waals surface area contributed by atoms with Crippen LogP contribution in [0.4, 0.5) is 5.82 Å². The third-order valence-corrected chi connectivity index (χ3v) is 3.09. The average Bonchev–Trinajstić information content (AvgIpc) is 2.42. The zero-order valence-corrected chi connectivity index (χ0v) is 11.7. The van der Waals surface area contributed by atoms with E-state index in [1.807, 2.05) is 13.2 Å². The summed E-state index contributed by atoms with van der Waals surface area (Å²) in [6.45, 7) is 3.86. The number of aryl methyl sites for hydroxylation is 1. The fraction of sp³-hybridized carbons (Fsp3) is 0.333. The predicted octanol–water partition coefficient (Wildman–Crippen LogP) is 2.46. The second-order valence-corrected chi connectivity index (χ2v) is 4.74. The van der Waals surface area contributed by atoms with E-state index in [9.17, 15) is 0 Å². The van der Waals surface area contributed by atoms with Gasteiger partial charge in [-0.2, -0.15) is 0 Å². The summed E-state index contributed by atoms with van der Waals surface area (Å²) in [6.07, 6.45) is 3.58. The van der Waals surface area contributed by atoms with Crippen LogP contribution in [0.3, 0.4) is 0 Å². The molecule has 0 aliphatic rings. The minimum Gasteiger partial charge on any atom is -0.372 e. The Kier molecular flexibility index (Phi) is 4.47. The van der Waals surface area contributed by atoms with Gasteiger partial charge in [0, 0.05) is 20.1 Å². The molecule has 0 spiro atoms. The maximum absolute atomic E-state index is 4.39. The van der Waals surface area contributed by atoms with Gasteiger partial charge in [0.2, 0.25) is 0 Å². The number of anilines is 1. The van der Waals surface area contributed by atoms with Gasteiger partial charge in [0.25, 0.3) is 0 Å². The molecule has 2 rings (SSSR count). The number of benzene rings is 1. The highest BCUT2D eigenvalue weighted by Crippen LogP contribution is 2.11. The first kappa shape index (κ1) is 13.5. The van der Waals surface area contributed by atoms with Crippen LogP contribution in [-0.4, -0.2) is 29.0 Å². The van der Waals surface area contributed by atoms with Crippen LogP contribution in [0.5, 0.6) is 0 Å². The maximum atomic E-state index is 4.39. The molecule has 1 aromatic heterocycles. The zero-order chi connectivity index (χ0) is 13.7. The fourth-order valence-corrected chi connectivity index (χ4v) is 1.98. The molecule has 0 unspecified atom stereocenters. The molecule has 0 fully saturated rings. The third kappa shape index (κ3) is 3.76. The Balaban J connectivity index is 1.97. The summed E-state index contributed by atoms with van der Waals surface area (Å²) in [5.41, 5.74) is 3.66. The van der Waals surface area contributed by atoms with Gasteiger partial charge in [0.1, 0.15) is 5.82 Å². The smallest absolute Gasteiger partial charge is 0.144 e. The average molecular weight is 256 g/mol. The lowest BCUT2D eigenvalue weighted by Crippen LogP contribution is -2.18. The first-order chi connectivity index (χ1) is 9.19. The van der Waals surface area contributed by atoms with Gasteiger partial charge in [-0.25, -0.2) is 4.98 Å². The van der Waals surface area contributed by atoms with Gasteiger partial charge >= 0.3 is 0 Å². The van der Waals surface area contributed by atoms with Crippen LogP contribution in [0.25, 0.3) is 0 Å². The van der Waals surface area contributed by atoms with E-state index in [0.717, 1.165) is 24.6 Å². The molecule has 1 aromatic carbocycles. The molecule has 2 aromatic rings. The molecule has 1 heterocycles. The summed E-state index contributed by atoms with van der Waals surface area (Å²) in [5.74, 6) is 0.797. The Bertz CT molecular complexity index is 522. The van der Waals surface area contributed by atoms with Gasteiger partial charge in [-0.3, -0.25) is 9.88 Å². The second kappa shape index (κ2) is 6.29. The van der Waals surface area contributed by atoms with E-state index in [1.54, 1.807) is 6.20 Å². The summed E-state index contributed by atoms with van der Waals surface area (Å²) in [6, 6.07) is 8.46. The number of hydrogen-bond donors (Lipinski definition) is 1. The molecule has 0 radical (unpaired) electrons. The van der Waals surface area contributed by atoms with Gasteiger partial charge in [-0.1, -0.05) is 24.3 Å². The van der Waals surface area contributed by atoms with E-state index in [-0.39, 0.29) is 0 Å². The quantitative estimate of drug-likeness (QED) is 0.892. The van der Waals surface area contributed by atoms with Crippen molar-refractivity contribution in [2.45, 2.75) is 20.0 Å². The summed E-state index contributed by atoms with van der Waals surface area (Å²) in [7, 11) is 3.94. The molecule has 0 atom stereocenters. The third-order valence-electron chi connectivity index (χ3n) is 3.09. The molecule has 4 nitrogen and oxygen atoms in total. The molecule has 0 bridgehead atoms. The van der Waals surface area contributed by atoms with Gasteiger partial charge in [0.05, 0.1) is 18.1 Å². The van der Waals surface area contributed by atoms with Crippen LogP contribution < -0.4 is 5.32 Å². The molecule has 0 saturated heterocycles. The number of aromatic nitrogens is 2. The first-order valence-corrected chi connectivity index (χ1v) is 6.41. The summed E-state index contributed by atoms with van der Waals surface area (Å²) in [4.78, 5) is 10.9. The lowest BCUT2D eigenvalue weighted by atomic mass is 10.1. The summed E-state index contributed by atoms with van der Waals surface area (Å²) >= 11 is 0. The number of nitrogens with zero attached hydrogens (tertiary/aromatic N) is 3. The molecule has 1 N–H and O–H groups in total. The largest absolute Gasteiger partial charge is 0.372 e. The molecular weight excluding hydrogens is 236 g/mol. The van der Waals surface area contributed by atoms with Crippen molar-refractivity contribution in [2.24, 2.45) is 0 Å². The SMILES string of the molecule is CNc1cnc(CN(C)Cc2ccccc2C)cn1. The zero-order valence-electron chi connectivity index (χ0n) is 11.7. The summed E-state index contributed by atoms with van der Waals surface area (Å²) in [5, 5.41) is 2.97. The normalized spacial score (nSPS) is 10.7. The standard InChI is InChI=1S/C15H20N4/c1-12-6-4-5-7-13(12)10-19(3)11-14-8-18-15(16-2)9-17-14/h4-9H,10-11H2,1-3H3,(H,16,18). The molecule has 0 amide bonds. The van der Waals surface area contributed by atoms with Crippen molar-refractivity contribution in [2.75, 3.05) is 19.4 Å².